The number of nitrogens with one attached hydrogen (secondary N) is 1. The lowest BCUT2D eigenvalue weighted by Crippen LogP contribution is -2.36. The van der Waals surface area contributed by atoms with Gasteiger partial charge in [0, 0.05) is 31.4 Å². The van der Waals surface area contributed by atoms with Crippen molar-refractivity contribution in [3.05, 3.63) is 57.6 Å². The number of hydrogen-bond acceptors (Lipinski definition) is 7. The van der Waals surface area contributed by atoms with E-state index in [0.717, 1.165) is 11.3 Å². The van der Waals surface area contributed by atoms with Gasteiger partial charge < -0.3 is 24.4 Å². The zero-order valence-corrected chi connectivity index (χ0v) is 15.8. The van der Waals surface area contributed by atoms with E-state index in [0.29, 0.717) is 50.8 Å². The first-order valence-electron chi connectivity index (χ1n) is 9.40. The Balaban J connectivity index is 1.44. The van der Waals surface area contributed by atoms with Gasteiger partial charge in [0.25, 0.3) is 11.6 Å². The Morgan fingerprint density at radius 1 is 1.10 bits per heavy atom. The molecule has 0 spiro atoms. The molecule has 1 N–H and O–H groups in total. The van der Waals surface area contributed by atoms with Crippen molar-refractivity contribution in [3.8, 4) is 11.5 Å². The number of morpholine rings is 1. The first-order chi connectivity index (χ1) is 14.1. The molecule has 0 bridgehead atoms. The number of hydrogen-bond donors (Lipinski definition) is 1. The summed E-state index contributed by atoms with van der Waals surface area (Å²) >= 11 is 0. The van der Waals surface area contributed by atoms with Gasteiger partial charge in [0.05, 0.1) is 18.1 Å². The lowest BCUT2D eigenvalue weighted by molar-refractivity contribution is -0.385. The van der Waals surface area contributed by atoms with Crippen LogP contribution in [-0.2, 0) is 11.2 Å². The van der Waals surface area contributed by atoms with E-state index in [4.69, 9.17) is 14.2 Å². The molecule has 1 amide bonds. The summed E-state index contributed by atoms with van der Waals surface area (Å²) in [6.45, 7) is 3.10. The summed E-state index contributed by atoms with van der Waals surface area (Å²) < 4.78 is 16.0. The lowest BCUT2D eigenvalue weighted by Gasteiger charge is -2.29. The Bertz CT molecular complexity index is 926. The third-order valence-corrected chi connectivity index (χ3v) is 4.93. The number of nitro groups is 1. The molecule has 0 radical (unpaired) electrons. The summed E-state index contributed by atoms with van der Waals surface area (Å²) in [5.41, 5.74) is 1.61. The lowest BCUT2D eigenvalue weighted by atomic mass is 10.1. The standard InChI is InChI=1S/C20H21N3O6/c24-20(21-6-5-14-1-4-18-19(11-14)29-13-28-18)16-12-15(2-3-17(16)23(25)26)22-7-9-27-10-8-22/h1-4,11-12H,5-10,13H2,(H,21,24). The fraction of sp³-hybridized carbons (Fsp3) is 0.350. The molecule has 2 aromatic carbocycles. The number of ether oxygens (including phenoxy) is 3. The van der Waals surface area contributed by atoms with Crippen LogP contribution in [0.4, 0.5) is 11.4 Å². The summed E-state index contributed by atoms with van der Waals surface area (Å²) in [4.78, 5) is 25.6. The van der Waals surface area contributed by atoms with Crippen molar-refractivity contribution in [2.75, 3.05) is 44.5 Å². The number of carbonyl (C=O) groups is 1. The van der Waals surface area contributed by atoms with Crippen molar-refractivity contribution in [3.63, 3.8) is 0 Å². The molecule has 0 unspecified atom stereocenters. The number of anilines is 1. The summed E-state index contributed by atoms with van der Waals surface area (Å²) in [6.07, 6.45) is 0.569. The Labute approximate surface area is 167 Å². The highest BCUT2D eigenvalue weighted by atomic mass is 16.7. The third kappa shape index (κ3) is 4.24. The minimum absolute atomic E-state index is 0.0599. The predicted molar refractivity (Wildman–Crippen MR) is 105 cm³/mol. The normalized spacial score (nSPS) is 15.2. The molecule has 1 fully saturated rings. The van der Waals surface area contributed by atoms with Gasteiger partial charge in [0.2, 0.25) is 6.79 Å². The van der Waals surface area contributed by atoms with Crippen molar-refractivity contribution >= 4 is 17.3 Å². The molecule has 0 saturated carbocycles. The SMILES string of the molecule is O=C(NCCc1ccc2c(c1)OCO2)c1cc(N2CCOCC2)ccc1[N+](=O)[O-]. The van der Waals surface area contributed by atoms with Crippen LogP contribution in [0.1, 0.15) is 15.9 Å². The van der Waals surface area contributed by atoms with Gasteiger partial charge >= 0.3 is 0 Å². The van der Waals surface area contributed by atoms with Crippen LogP contribution in [0.15, 0.2) is 36.4 Å². The topological polar surface area (TPSA) is 103 Å². The average Bonchev–Trinajstić information content (AvgIpc) is 3.21. The Morgan fingerprint density at radius 3 is 2.69 bits per heavy atom. The molecule has 9 nitrogen and oxygen atoms in total. The largest absolute Gasteiger partial charge is 0.454 e. The maximum Gasteiger partial charge on any atom is 0.282 e. The number of amides is 1. The number of rotatable bonds is 6. The zero-order chi connectivity index (χ0) is 20.2. The first kappa shape index (κ1) is 19.0. The first-order valence-corrected chi connectivity index (χ1v) is 9.40. The summed E-state index contributed by atoms with van der Waals surface area (Å²) in [5, 5.41) is 14.2. The molecule has 1 saturated heterocycles. The summed E-state index contributed by atoms with van der Waals surface area (Å²) in [5.74, 6) is 0.920. The molecule has 29 heavy (non-hydrogen) atoms. The van der Waals surface area contributed by atoms with Crippen LogP contribution in [0, 0.1) is 10.1 Å². The molecular formula is C20H21N3O6. The highest BCUT2D eigenvalue weighted by molar-refractivity contribution is 5.99. The van der Waals surface area contributed by atoms with Gasteiger partial charge in [0.15, 0.2) is 11.5 Å². The van der Waals surface area contributed by atoms with Gasteiger partial charge in [0.1, 0.15) is 5.56 Å². The van der Waals surface area contributed by atoms with Gasteiger partial charge in [-0.15, -0.1) is 0 Å². The highest BCUT2D eigenvalue weighted by Gasteiger charge is 2.23. The van der Waals surface area contributed by atoms with Crippen molar-refractivity contribution in [1.82, 2.24) is 5.32 Å². The van der Waals surface area contributed by atoms with E-state index >= 15 is 0 Å². The molecule has 152 valence electrons. The van der Waals surface area contributed by atoms with Crippen molar-refractivity contribution in [2.24, 2.45) is 0 Å². The number of benzene rings is 2. The molecule has 2 aliphatic rings. The van der Waals surface area contributed by atoms with E-state index in [2.05, 4.69) is 10.2 Å². The van der Waals surface area contributed by atoms with E-state index in [-0.39, 0.29) is 18.0 Å². The summed E-state index contributed by atoms with van der Waals surface area (Å²) in [7, 11) is 0. The van der Waals surface area contributed by atoms with Gasteiger partial charge in [-0.25, -0.2) is 0 Å². The van der Waals surface area contributed by atoms with Crippen molar-refractivity contribution in [1.29, 1.82) is 0 Å². The monoisotopic (exact) mass is 399 g/mol. The number of carbonyl (C=O) groups excluding carboxylic acids is 1. The van der Waals surface area contributed by atoms with E-state index < -0.39 is 10.8 Å². The van der Waals surface area contributed by atoms with Crippen molar-refractivity contribution < 1.29 is 23.9 Å². The summed E-state index contributed by atoms with van der Waals surface area (Å²) in [6, 6.07) is 10.2. The zero-order valence-electron chi connectivity index (χ0n) is 15.8. The van der Waals surface area contributed by atoms with E-state index in [1.807, 2.05) is 18.2 Å². The minimum atomic E-state index is -0.532. The fourth-order valence-corrected chi connectivity index (χ4v) is 3.40. The van der Waals surface area contributed by atoms with E-state index in [1.54, 1.807) is 12.1 Å². The Morgan fingerprint density at radius 2 is 1.90 bits per heavy atom. The van der Waals surface area contributed by atoms with Crippen LogP contribution in [0.25, 0.3) is 0 Å². The average molecular weight is 399 g/mol. The van der Waals surface area contributed by atoms with Crippen LogP contribution < -0.4 is 19.7 Å². The Hall–Kier alpha value is -3.33. The van der Waals surface area contributed by atoms with Gasteiger partial charge in [-0.2, -0.15) is 0 Å². The second-order valence-corrected chi connectivity index (χ2v) is 6.75. The second kappa shape index (κ2) is 8.36. The number of nitrogens with zero attached hydrogens (tertiary/aromatic N) is 2. The van der Waals surface area contributed by atoms with Crippen LogP contribution in [0.2, 0.25) is 0 Å². The number of nitro benzene ring substituents is 1. The quantitative estimate of drug-likeness (QED) is 0.586. The van der Waals surface area contributed by atoms with Crippen LogP contribution >= 0.6 is 0 Å². The molecule has 9 heteroatoms. The van der Waals surface area contributed by atoms with Crippen molar-refractivity contribution in [2.45, 2.75) is 6.42 Å². The number of fused-ring (bicyclic) bond motifs is 1. The van der Waals surface area contributed by atoms with Crippen LogP contribution in [0.3, 0.4) is 0 Å². The van der Waals surface area contributed by atoms with Crippen LogP contribution in [-0.4, -0.2) is 50.5 Å². The molecule has 0 aliphatic carbocycles. The molecule has 2 heterocycles. The second-order valence-electron chi connectivity index (χ2n) is 6.75. The smallest absolute Gasteiger partial charge is 0.282 e. The third-order valence-electron chi connectivity index (χ3n) is 4.93. The van der Waals surface area contributed by atoms with E-state index in [1.165, 1.54) is 6.07 Å². The molecule has 2 aliphatic heterocycles. The van der Waals surface area contributed by atoms with Crippen LogP contribution in [0.5, 0.6) is 11.5 Å². The molecule has 0 aromatic heterocycles. The van der Waals surface area contributed by atoms with E-state index in [9.17, 15) is 14.9 Å². The van der Waals surface area contributed by atoms with Gasteiger partial charge in [-0.1, -0.05) is 6.07 Å². The predicted octanol–water partition coefficient (Wildman–Crippen LogP) is 2.13. The molecule has 4 rings (SSSR count). The molecular weight excluding hydrogens is 378 g/mol. The maximum atomic E-state index is 12.7. The molecule has 0 atom stereocenters. The molecule has 2 aromatic rings. The maximum absolute atomic E-state index is 12.7. The van der Waals surface area contributed by atoms with Gasteiger partial charge in [-0.05, 0) is 36.2 Å². The minimum Gasteiger partial charge on any atom is -0.454 e. The van der Waals surface area contributed by atoms with Gasteiger partial charge in [-0.3, -0.25) is 14.9 Å². The fourth-order valence-electron chi connectivity index (χ4n) is 3.40. The highest BCUT2D eigenvalue weighted by Crippen LogP contribution is 2.32. The Kier molecular flexibility index (Phi) is 5.48.